The minimum absolute atomic E-state index is 0.627. The molecule has 0 aliphatic heterocycles. The van der Waals surface area contributed by atoms with Gasteiger partial charge in [-0.05, 0) is 6.26 Å². The van der Waals surface area contributed by atoms with Crippen molar-refractivity contribution in [3.8, 4) is 0 Å². The van der Waals surface area contributed by atoms with Crippen molar-refractivity contribution in [3.63, 3.8) is 0 Å². The molecule has 0 atom stereocenters. The molecule has 0 amide bonds. The van der Waals surface area contributed by atoms with E-state index in [1.165, 1.54) is 4.91 Å². The molecule has 0 radical (unpaired) electrons. The number of nitrogens with one attached hydrogen (secondary N) is 1. The van der Waals surface area contributed by atoms with E-state index >= 15 is 0 Å². The lowest BCUT2D eigenvalue weighted by molar-refractivity contribution is 1.07. The third-order valence-electron chi connectivity index (χ3n) is 0.769. The second-order valence-corrected chi connectivity index (χ2v) is 2.24. The van der Waals surface area contributed by atoms with Crippen LogP contribution in [-0.2, 0) is 0 Å². The Labute approximate surface area is 54.5 Å². The van der Waals surface area contributed by atoms with Crippen molar-refractivity contribution >= 4 is 11.8 Å². The van der Waals surface area contributed by atoms with Gasteiger partial charge in [0.25, 0.3) is 0 Å². The maximum Gasteiger partial charge on any atom is 0.0253 e. The molecule has 8 heavy (non-hydrogen) atoms. The lowest BCUT2D eigenvalue weighted by atomic mass is 10.6. The fourth-order valence-corrected chi connectivity index (χ4v) is 0.765. The first-order valence-electron chi connectivity index (χ1n) is 2.45. The first kappa shape index (κ1) is 7.85. The van der Waals surface area contributed by atoms with Crippen LogP contribution in [0.2, 0.25) is 0 Å². The van der Waals surface area contributed by atoms with Crippen LogP contribution >= 0.6 is 11.8 Å². The van der Waals surface area contributed by atoms with Gasteiger partial charge in [0.2, 0.25) is 0 Å². The minimum Gasteiger partial charge on any atom is -0.393 e. The SMILES string of the molecule is CN/C=C(/CN)SC. The van der Waals surface area contributed by atoms with E-state index in [0.29, 0.717) is 6.54 Å². The zero-order valence-electron chi connectivity index (χ0n) is 5.27. The molecule has 0 aromatic carbocycles. The van der Waals surface area contributed by atoms with Crippen LogP contribution in [0.4, 0.5) is 0 Å². The number of hydrogen-bond acceptors (Lipinski definition) is 3. The summed E-state index contributed by atoms with van der Waals surface area (Å²) in [6, 6.07) is 0. The van der Waals surface area contributed by atoms with Crippen LogP contribution in [-0.4, -0.2) is 19.8 Å². The highest BCUT2D eigenvalue weighted by Crippen LogP contribution is 2.06. The standard InChI is InChI=1S/C5H12N2S/c1-7-4-5(3-6)8-2/h4,7H,3,6H2,1-2H3/b5-4-. The van der Waals surface area contributed by atoms with Crippen LogP contribution in [0.25, 0.3) is 0 Å². The molecule has 2 nitrogen and oxygen atoms in total. The summed E-state index contributed by atoms with van der Waals surface area (Å²) < 4.78 is 0. The average molecular weight is 132 g/mol. The zero-order chi connectivity index (χ0) is 6.41. The first-order valence-corrected chi connectivity index (χ1v) is 3.68. The molecule has 0 saturated heterocycles. The van der Waals surface area contributed by atoms with Gasteiger partial charge in [0.15, 0.2) is 0 Å². The van der Waals surface area contributed by atoms with Gasteiger partial charge in [-0.2, -0.15) is 0 Å². The summed E-state index contributed by atoms with van der Waals surface area (Å²) >= 11 is 1.67. The largest absolute Gasteiger partial charge is 0.393 e. The highest BCUT2D eigenvalue weighted by Gasteiger charge is 1.85. The summed E-state index contributed by atoms with van der Waals surface area (Å²) in [6.07, 6.45) is 3.92. The highest BCUT2D eigenvalue weighted by atomic mass is 32.2. The smallest absolute Gasteiger partial charge is 0.0253 e. The van der Waals surface area contributed by atoms with E-state index < -0.39 is 0 Å². The molecule has 0 unspecified atom stereocenters. The summed E-state index contributed by atoms with van der Waals surface area (Å²) in [6.45, 7) is 0.627. The van der Waals surface area contributed by atoms with Gasteiger partial charge >= 0.3 is 0 Å². The van der Waals surface area contributed by atoms with Crippen molar-refractivity contribution in [1.29, 1.82) is 0 Å². The van der Waals surface area contributed by atoms with Gasteiger partial charge in [-0.1, -0.05) is 0 Å². The monoisotopic (exact) mass is 132 g/mol. The molecule has 3 N–H and O–H groups in total. The van der Waals surface area contributed by atoms with Crippen molar-refractivity contribution in [2.75, 3.05) is 19.8 Å². The average Bonchev–Trinajstić information content (AvgIpc) is 1.83. The third kappa shape index (κ3) is 2.93. The topological polar surface area (TPSA) is 38.0 Å². The number of hydrogen-bond donors (Lipinski definition) is 2. The molecule has 0 aromatic rings. The van der Waals surface area contributed by atoms with E-state index in [4.69, 9.17) is 5.73 Å². The van der Waals surface area contributed by atoms with E-state index in [9.17, 15) is 0 Å². The summed E-state index contributed by atoms with van der Waals surface area (Å²) in [5.41, 5.74) is 5.34. The normalized spacial score (nSPS) is 11.6. The molecule has 0 bridgehead atoms. The molecule has 0 fully saturated rings. The molecular formula is C5H12N2S. The zero-order valence-corrected chi connectivity index (χ0v) is 6.09. The van der Waals surface area contributed by atoms with Crippen molar-refractivity contribution in [1.82, 2.24) is 5.32 Å². The Kier molecular flexibility index (Phi) is 4.90. The molecular weight excluding hydrogens is 120 g/mol. The second kappa shape index (κ2) is 5.00. The van der Waals surface area contributed by atoms with Crippen LogP contribution in [0.3, 0.4) is 0 Å². The van der Waals surface area contributed by atoms with Gasteiger partial charge in [-0.25, -0.2) is 0 Å². The van der Waals surface area contributed by atoms with E-state index in [1.807, 2.05) is 19.5 Å². The predicted molar refractivity (Wildman–Crippen MR) is 39.7 cm³/mol. The quantitative estimate of drug-likeness (QED) is 0.582. The molecule has 3 heteroatoms. The summed E-state index contributed by atoms with van der Waals surface area (Å²) in [5.74, 6) is 0. The number of rotatable bonds is 3. The van der Waals surface area contributed by atoms with Crippen molar-refractivity contribution < 1.29 is 0 Å². The number of thioether (sulfide) groups is 1. The van der Waals surface area contributed by atoms with Gasteiger partial charge in [0.1, 0.15) is 0 Å². The van der Waals surface area contributed by atoms with Gasteiger partial charge < -0.3 is 11.1 Å². The lowest BCUT2D eigenvalue weighted by Gasteiger charge is -1.96. The van der Waals surface area contributed by atoms with Crippen molar-refractivity contribution in [2.24, 2.45) is 5.73 Å². The van der Waals surface area contributed by atoms with Crippen molar-refractivity contribution in [3.05, 3.63) is 11.1 Å². The van der Waals surface area contributed by atoms with Crippen molar-refractivity contribution in [2.45, 2.75) is 0 Å². The Morgan fingerprint density at radius 1 is 1.88 bits per heavy atom. The maximum atomic E-state index is 5.34. The molecule has 0 aliphatic rings. The van der Waals surface area contributed by atoms with Crippen LogP contribution in [0, 0.1) is 0 Å². The highest BCUT2D eigenvalue weighted by molar-refractivity contribution is 8.02. The molecule has 0 aromatic heterocycles. The van der Waals surface area contributed by atoms with Gasteiger partial charge in [-0.3, -0.25) is 0 Å². The predicted octanol–water partition coefficient (Wildman–Crippen LogP) is 0.369. The number of nitrogens with two attached hydrogens (primary N) is 1. The first-order chi connectivity index (χ1) is 3.85. The van der Waals surface area contributed by atoms with E-state index in [2.05, 4.69) is 5.32 Å². The van der Waals surface area contributed by atoms with Gasteiger partial charge in [0, 0.05) is 24.7 Å². The van der Waals surface area contributed by atoms with Crippen LogP contribution in [0.15, 0.2) is 11.1 Å². The van der Waals surface area contributed by atoms with Crippen LogP contribution < -0.4 is 11.1 Å². The Balaban J connectivity index is 3.49. The molecule has 48 valence electrons. The Morgan fingerprint density at radius 3 is 2.62 bits per heavy atom. The Bertz CT molecular complexity index is 74.5. The summed E-state index contributed by atoms with van der Waals surface area (Å²) in [4.78, 5) is 1.17. The minimum atomic E-state index is 0.627. The second-order valence-electron chi connectivity index (χ2n) is 1.31. The van der Waals surface area contributed by atoms with Gasteiger partial charge in [-0.15, -0.1) is 11.8 Å². The van der Waals surface area contributed by atoms with Gasteiger partial charge in [0.05, 0.1) is 0 Å². The van der Waals surface area contributed by atoms with E-state index in [1.54, 1.807) is 11.8 Å². The van der Waals surface area contributed by atoms with Crippen LogP contribution in [0.1, 0.15) is 0 Å². The maximum absolute atomic E-state index is 5.34. The van der Waals surface area contributed by atoms with Crippen LogP contribution in [0.5, 0.6) is 0 Å². The summed E-state index contributed by atoms with van der Waals surface area (Å²) in [7, 11) is 1.87. The molecule has 0 heterocycles. The molecule has 0 aliphatic carbocycles. The fraction of sp³-hybridized carbons (Fsp3) is 0.600. The lowest BCUT2D eigenvalue weighted by Crippen LogP contribution is -2.04. The Morgan fingerprint density at radius 2 is 2.50 bits per heavy atom. The molecule has 0 saturated carbocycles. The molecule has 0 spiro atoms. The Hall–Kier alpha value is -0.150. The van der Waals surface area contributed by atoms with E-state index in [-0.39, 0.29) is 0 Å². The third-order valence-corrected chi connectivity index (χ3v) is 1.58. The molecule has 0 rings (SSSR count). The van der Waals surface area contributed by atoms with E-state index in [0.717, 1.165) is 0 Å². The fourth-order valence-electron chi connectivity index (χ4n) is 0.362. The summed E-state index contributed by atoms with van der Waals surface area (Å²) in [5, 5.41) is 2.91.